The molecule has 2 amide bonds. The predicted molar refractivity (Wildman–Crippen MR) is 105 cm³/mol. The van der Waals surface area contributed by atoms with Crippen molar-refractivity contribution in [2.45, 2.75) is 52.5 Å². The molecule has 0 aliphatic carbocycles. The predicted octanol–water partition coefficient (Wildman–Crippen LogP) is 4.39. The molecule has 2 aromatic rings. The molecule has 2 aromatic carbocycles. The van der Waals surface area contributed by atoms with Crippen molar-refractivity contribution >= 4 is 23.2 Å². The minimum Gasteiger partial charge on any atom is -0.373 e. The highest BCUT2D eigenvalue weighted by atomic mass is 16.2. The van der Waals surface area contributed by atoms with Crippen LogP contribution in [0, 0.1) is 13.8 Å². The van der Waals surface area contributed by atoms with Gasteiger partial charge >= 0.3 is 0 Å². The van der Waals surface area contributed by atoms with Crippen LogP contribution in [0.2, 0.25) is 0 Å². The van der Waals surface area contributed by atoms with Crippen LogP contribution in [0.3, 0.4) is 0 Å². The van der Waals surface area contributed by atoms with E-state index in [0.717, 1.165) is 23.2 Å². The zero-order valence-corrected chi connectivity index (χ0v) is 15.7. The van der Waals surface area contributed by atoms with Crippen LogP contribution in [0.5, 0.6) is 0 Å². The largest absolute Gasteiger partial charge is 0.373 e. The fourth-order valence-corrected chi connectivity index (χ4v) is 3.45. The summed E-state index contributed by atoms with van der Waals surface area (Å²) in [7, 11) is 0. The SMILES string of the molecule is CCCCc1ccc(NC2CC(=O)N(c3cc(C)cc(C)c3)C2=O)cc1. The van der Waals surface area contributed by atoms with Crippen LogP contribution in [0.1, 0.15) is 42.9 Å². The van der Waals surface area contributed by atoms with Crippen molar-refractivity contribution in [1.29, 1.82) is 0 Å². The van der Waals surface area contributed by atoms with E-state index in [1.165, 1.54) is 23.3 Å². The summed E-state index contributed by atoms with van der Waals surface area (Å²) >= 11 is 0. The Kier molecular flexibility index (Phi) is 5.40. The molecule has 1 aliphatic rings. The zero-order chi connectivity index (χ0) is 18.7. The molecular weight excluding hydrogens is 324 g/mol. The standard InChI is InChI=1S/C22H26N2O2/c1-4-5-6-17-7-9-18(10-8-17)23-20-14-21(25)24(22(20)26)19-12-15(2)11-16(3)13-19/h7-13,20,23H,4-6,14H2,1-3H3. The summed E-state index contributed by atoms with van der Waals surface area (Å²) in [6, 6.07) is 13.4. The van der Waals surface area contributed by atoms with Gasteiger partial charge in [-0.3, -0.25) is 9.59 Å². The number of carbonyl (C=O) groups is 2. The van der Waals surface area contributed by atoms with Crippen molar-refractivity contribution in [3.63, 3.8) is 0 Å². The Labute approximate surface area is 155 Å². The molecule has 3 rings (SSSR count). The van der Waals surface area contributed by atoms with Crippen molar-refractivity contribution in [2.75, 3.05) is 10.2 Å². The summed E-state index contributed by atoms with van der Waals surface area (Å²) in [4.78, 5) is 26.6. The molecule has 1 aliphatic heterocycles. The molecule has 0 saturated carbocycles. The van der Waals surface area contributed by atoms with Crippen molar-refractivity contribution in [1.82, 2.24) is 0 Å². The molecule has 136 valence electrons. The van der Waals surface area contributed by atoms with Crippen LogP contribution >= 0.6 is 0 Å². The first kappa shape index (κ1) is 18.2. The first-order valence-electron chi connectivity index (χ1n) is 9.28. The van der Waals surface area contributed by atoms with Gasteiger partial charge in [0.05, 0.1) is 12.1 Å². The lowest BCUT2D eigenvalue weighted by Gasteiger charge is -2.17. The van der Waals surface area contributed by atoms with Gasteiger partial charge < -0.3 is 5.32 Å². The average Bonchev–Trinajstić information content (AvgIpc) is 2.87. The number of imide groups is 1. The number of hydrogen-bond acceptors (Lipinski definition) is 3. The maximum atomic E-state index is 12.8. The number of benzene rings is 2. The van der Waals surface area contributed by atoms with Crippen molar-refractivity contribution in [2.24, 2.45) is 0 Å². The summed E-state index contributed by atoms with van der Waals surface area (Å²) in [5, 5.41) is 3.22. The Balaban J connectivity index is 1.72. The second-order valence-corrected chi connectivity index (χ2v) is 7.11. The molecule has 0 aromatic heterocycles. The Morgan fingerprint density at radius 1 is 1.04 bits per heavy atom. The van der Waals surface area contributed by atoms with Gasteiger partial charge in [-0.15, -0.1) is 0 Å². The van der Waals surface area contributed by atoms with E-state index in [2.05, 4.69) is 24.4 Å². The smallest absolute Gasteiger partial charge is 0.256 e. The highest BCUT2D eigenvalue weighted by Gasteiger charge is 2.39. The Bertz CT molecular complexity index is 791. The fraction of sp³-hybridized carbons (Fsp3) is 0.364. The summed E-state index contributed by atoms with van der Waals surface area (Å²) in [6.07, 6.45) is 3.60. The monoisotopic (exact) mass is 350 g/mol. The summed E-state index contributed by atoms with van der Waals surface area (Å²) in [5.41, 5.74) is 4.91. The Hall–Kier alpha value is -2.62. The molecule has 1 heterocycles. The first-order valence-corrected chi connectivity index (χ1v) is 9.28. The normalized spacial score (nSPS) is 17.0. The molecule has 1 atom stereocenters. The molecular formula is C22H26N2O2. The zero-order valence-electron chi connectivity index (χ0n) is 15.7. The molecule has 0 spiro atoms. The minimum absolute atomic E-state index is 0.155. The number of aryl methyl sites for hydroxylation is 3. The van der Waals surface area contributed by atoms with E-state index in [1.807, 2.05) is 44.2 Å². The second kappa shape index (κ2) is 7.73. The number of amides is 2. The first-order chi connectivity index (χ1) is 12.5. The summed E-state index contributed by atoms with van der Waals surface area (Å²) in [5.74, 6) is -0.341. The van der Waals surface area contributed by atoms with Crippen molar-refractivity contribution < 1.29 is 9.59 Å². The van der Waals surface area contributed by atoms with E-state index < -0.39 is 6.04 Å². The van der Waals surface area contributed by atoms with Crippen molar-refractivity contribution in [3.05, 3.63) is 59.2 Å². The third-order valence-corrected chi connectivity index (χ3v) is 4.73. The van der Waals surface area contributed by atoms with Gasteiger partial charge in [0.25, 0.3) is 5.91 Å². The van der Waals surface area contributed by atoms with Crippen LogP contribution in [-0.4, -0.2) is 17.9 Å². The van der Waals surface area contributed by atoms with Crippen LogP contribution in [0.4, 0.5) is 11.4 Å². The maximum Gasteiger partial charge on any atom is 0.256 e. The Morgan fingerprint density at radius 2 is 1.69 bits per heavy atom. The van der Waals surface area contributed by atoms with E-state index in [4.69, 9.17) is 0 Å². The van der Waals surface area contributed by atoms with Crippen LogP contribution in [0.15, 0.2) is 42.5 Å². The van der Waals surface area contributed by atoms with E-state index in [1.54, 1.807) is 0 Å². The van der Waals surface area contributed by atoms with E-state index in [0.29, 0.717) is 5.69 Å². The number of nitrogens with zero attached hydrogens (tertiary/aromatic N) is 1. The molecule has 1 N–H and O–H groups in total. The fourth-order valence-electron chi connectivity index (χ4n) is 3.45. The highest BCUT2D eigenvalue weighted by Crippen LogP contribution is 2.27. The minimum atomic E-state index is -0.509. The molecule has 1 fully saturated rings. The van der Waals surface area contributed by atoms with Gasteiger partial charge in [0.15, 0.2) is 0 Å². The van der Waals surface area contributed by atoms with Crippen molar-refractivity contribution in [3.8, 4) is 0 Å². The quantitative estimate of drug-likeness (QED) is 0.786. The van der Waals surface area contributed by atoms with Gasteiger partial charge in [-0.05, 0) is 67.6 Å². The van der Waals surface area contributed by atoms with Crippen LogP contribution in [0.25, 0.3) is 0 Å². The maximum absolute atomic E-state index is 12.8. The van der Waals surface area contributed by atoms with Gasteiger partial charge in [-0.2, -0.15) is 0 Å². The van der Waals surface area contributed by atoms with E-state index in [-0.39, 0.29) is 18.2 Å². The number of nitrogens with one attached hydrogen (secondary N) is 1. The molecule has 26 heavy (non-hydrogen) atoms. The van der Waals surface area contributed by atoms with Gasteiger partial charge in [0, 0.05) is 5.69 Å². The Morgan fingerprint density at radius 3 is 2.31 bits per heavy atom. The van der Waals surface area contributed by atoms with E-state index in [9.17, 15) is 9.59 Å². The number of rotatable bonds is 6. The molecule has 1 unspecified atom stereocenters. The highest BCUT2D eigenvalue weighted by molar-refractivity contribution is 6.23. The summed E-state index contributed by atoms with van der Waals surface area (Å²) < 4.78 is 0. The number of hydrogen-bond donors (Lipinski definition) is 1. The van der Waals surface area contributed by atoms with Gasteiger partial charge in [-0.1, -0.05) is 31.5 Å². The van der Waals surface area contributed by atoms with Crippen LogP contribution in [-0.2, 0) is 16.0 Å². The third-order valence-electron chi connectivity index (χ3n) is 4.73. The van der Waals surface area contributed by atoms with E-state index >= 15 is 0 Å². The lowest BCUT2D eigenvalue weighted by Crippen LogP contribution is -2.34. The van der Waals surface area contributed by atoms with Gasteiger partial charge in [0.1, 0.15) is 6.04 Å². The number of unbranched alkanes of at least 4 members (excludes halogenated alkanes) is 1. The molecule has 0 bridgehead atoms. The second-order valence-electron chi connectivity index (χ2n) is 7.11. The molecule has 4 nitrogen and oxygen atoms in total. The molecule has 4 heteroatoms. The molecule has 0 radical (unpaired) electrons. The number of carbonyl (C=O) groups excluding carboxylic acids is 2. The topological polar surface area (TPSA) is 49.4 Å². The molecule has 1 saturated heterocycles. The number of anilines is 2. The van der Waals surface area contributed by atoms with Gasteiger partial charge in [0.2, 0.25) is 5.91 Å². The third kappa shape index (κ3) is 3.96. The van der Waals surface area contributed by atoms with Crippen LogP contribution < -0.4 is 10.2 Å². The summed E-state index contributed by atoms with van der Waals surface area (Å²) in [6.45, 7) is 6.12. The van der Waals surface area contributed by atoms with Gasteiger partial charge in [-0.25, -0.2) is 4.90 Å². The lowest BCUT2D eigenvalue weighted by molar-refractivity contribution is -0.121. The lowest BCUT2D eigenvalue weighted by atomic mass is 10.1. The average molecular weight is 350 g/mol.